The van der Waals surface area contributed by atoms with Crippen LogP contribution in [0.25, 0.3) is 0 Å². The minimum atomic E-state index is 0.799. The molecule has 2 rings (SSSR count). The fraction of sp³-hybridized carbons (Fsp3) is 0.412. The molecule has 1 heterocycles. The molecule has 0 amide bonds. The van der Waals surface area contributed by atoms with E-state index in [4.69, 9.17) is 9.15 Å². The standard InChI is InChI=1S/C17H22O2/c1-14-7-9-17(10-8-14)18-11-5-3-4-6-16-12-15(2)19-13-16/h7-10,12-13H,3-6,11H2,1-2H3. The van der Waals surface area contributed by atoms with Gasteiger partial charge in [0.05, 0.1) is 12.9 Å². The van der Waals surface area contributed by atoms with Crippen LogP contribution in [0.1, 0.15) is 36.1 Å². The molecule has 0 fully saturated rings. The van der Waals surface area contributed by atoms with Crippen LogP contribution in [-0.2, 0) is 6.42 Å². The van der Waals surface area contributed by atoms with Crippen LogP contribution in [0.15, 0.2) is 41.0 Å². The molecule has 0 radical (unpaired) electrons. The molecule has 0 saturated heterocycles. The van der Waals surface area contributed by atoms with E-state index in [0.29, 0.717) is 0 Å². The summed E-state index contributed by atoms with van der Waals surface area (Å²) in [4.78, 5) is 0. The average Bonchev–Trinajstić information content (AvgIpc) is 2.81. The predicted octanol–water partition coefficient (Wildman–Crippen LogP) is 4.69. The third-order valence-electron chi connectivity index (χ3n) is 3.18. The summed E-state index contributed by atoms with van der Waals surface area (Å²) in [7, 11) is 0. The maximum Gasteiger partial charge on any atom is 0.119 e. The van der Waals surface area contributed by atoms with E-state index in [-0.39, 0.29) is 0 Å². The molecule has 0 aliphatic rings. The Morgan fingerprint density at radius 1 is 1.00 bits per heavy atom. The van der Waals surface area contributed by atoms with E-state index >= 15 is 0 Å². The summed E-state index contributed by atoms with van der Waals surface area (Å²) < 4.78 is 11.0. The fourth-order valence-electron chi connectivity index (χ4n) is 2.06. The molecule has 1 aromatic heterocycles. The summed E-state index contributed by atoms with van der Waals surface area (Å²) in [5.74, 6) is 1.97. The molecule has 0 N–H and O–H groups in total. The van der Waals surface area contributed by atoms with Crippen molar-refractivity contribution in [1.82, 2.24) is 0 Å². The van der Waals surface area contributed by atoms with Gasteiger partial charge in [0, 0.05) is 0 Å². The second-order valence-electron chi connectivity index (χ2n) is 5.04. The van der Waals surface area contributed by atoms with Crippen molar-refractivity contribution in [3.8, 4) is 5.75 Å². The highest BCUT2D eigenvalue weighted by Gasteiger charge is 1.98. The Bertz CT molecular complexity index is 482. The Kier molecular flexibility index (Phi) is 5.08. The van der Waals surface area contributed by atoms with Crippen molar-refractivity contribution in [3.05, 3.63) is 53.5 Å². The first-order chi connectivity index (χ1) is 9.24. The molecule has 1 aromatic carbocycles. The highest BCUT2D eigenvalue weighted by molar-refractivity contribution is 5.26. The van der Waals surface area contributed by atoms with Crippen molar-refractivity contribution in [3.63, 3.8) is 0 Å². The maximum absolute atomic E-state index is 5.70. The highest BCUT2D eigenvalue weighted by atomic mass is 16.5. The van der Waals surface area contributed by atoms with Gasteiger partial charge in [-0.05, 0) is 63.3 Å². The van der Waals surface area contributed by atoms with Gasteiger partial charge in [-0.15, -0.1) is 0 Å². The second kappa shape index (κ2) is 7.03. The molecule has 0 bridgehead atoms. The van der Waals surface area contributed by atoms with Crippen molar-refractivity contribution in [2.75, 3.05) is 6.61 Å². The summed E-state index contributed by atoms with van der Waals surface area (Å²) in [5, 5.41) is 0. The van der Waals surface area contributed by atoms with E-state index < -0.39 is 0 Å². The van der Waals surface area contributed by atoms with Crippen molar-refractivity contribution in [2.24, 2.45) is 0 Å². The Balaban J connectivity index is 1.56. The van der Waals surface area contributed by atoms with Gasteiger partial charge in [-0.1, -0.05) is 17.7 Å². The number of unbranched alkanes of at least 4 members (excludes halogenated alkanes) is 2. The molecule has 0 atom stereocenters. The van der Waals surface area contributed by atoms with Gasteiger partial charge in [0.2, 0.25) is 0 Å². The van der Waals surface area contributed by atoms with Gasteiger partial charge in [0.1, 0.15) is 11.5 Å². The van der Waals surface area contributed by atoms with Crippen LogP contribution in [0.2, 0.25) is 0 Å². The molecule has 19 heavy (non-hydrogen) atoms. The lowest BCUT2D eigenvalue weighted by Crippen LogP contribution is -1.97. The van der Waals surface area contributed by atoms with E-state index in [1.165, 1.54) is 24.0 Å². The average molecular weight is 258 g/mol. The topological polar surface area (TPSA) is 22.4 Å². The van der Waals surface area contributed by atoms with Gasteiger partial charge in [-0.2, -0.15) is 0 Å². The third-order valence-corrected chi connectivity index (χ3v) is 3.18. The lowest BCUT2D eigenvalue weighted by molar-refractivity contribution is 0.305. The smallest absolute Gasteiger partial charge is 0.119 e. The number of hydrogen-bond acceptors (Lipinski definition) is 2. The molecule has 2 aromatic rings. The van der Waals surface area contributed by atoms with Crippen molar-refractivity contribution in [2.45, 2.75) is 39.5 Å². The largest absolute Gasteiger partial charge is 0.494 e. The van der Waals surface area contributed by atoms with Crippen LogP contribution >= 0.6 is 0 Å². The maximum atomic E-state index is 5.70. The quantitative estimate of drug-likeness (QED) is 0.672. The number of furan rings is 1. The molecule has 2 heteroatoms. The number of aryl methyl sites for hydroxylation is 3. The summed E-state index contributed by atoms with van der Waals surface area (Å²) in [5.41, 5.74) is 2.57. The Labute approximate surface area is 115 Å². The number of rotatable bonds is 7. The zero-order chi connectivity index (χ0) is 13.5. The molecule has 0 aliphatic carbocycles. The monoisotopic (exact) mass is 258 g/mol. The van der Waals surface area contributed by atoms with Crippen LogP contribution in [0.4, 0.5) is 0 Å². The van der Waals surface area contributed by atoms with Crippen LogP contribution in [0.3, 0.4) is 0 Å². The minimum absolute atomic E-state index is 0.799. The first-order valence-corrected chi connectivity index (χ1v) is 6.97. The molecule has 0 aliphatic heterocycles. The molecule has 2 nitrogen and oxygen atoms in total. The first kappa shape index (κ1) is 13.7. The predicted molar refractivity (Wildman–Crippen MR) is 77.7 cm³/mol. The summed E-state index contributed by atoms with van der Waals surface area (Å²) in [6, 6.07) is 10.3. The van der Waals surface area contributed by atoms with Gasteiger partial charge < -0.3 is 9.15 Å². The van der Waals surface area contributed by atoms with Gasteiger partial charge in [0.25, 0.3) is 0 Å². The van der Waals surface area contributed by atoms with E-state index in [1.54, 1.807) is 0 Å². The number of ether oxygens (including phenoxy) is 1. The molecule has 0 spiro atoms. The fourth-order valence-corrected chi connectivity index (χ4v) is 2.06. The van der Waals surface area contributed by atoms with Crippen molar-refractivity contribution < 1.29 is 9.15 Å². The zero-order valence-electron chi connectivity index (χ0n) is 11.8. The lowest BCUT2D eigenvalue weighted by atomic mass is 10.1. The SMILES string of the molecule is Cc1ccc(OCCCCCc2coc(C)c2)cc1. The van der Waals surface area contributed by atoms with Crippen LogP contribution < -0.4 is 4.74 Å². The summed E-state index contributed by atoms with van der Waals surface area (Å²) >= 11 is 0. The highest BCUT2D eigenvalue weighted by Crippen LogP contribution is 2.13. The lowest BCUT2D eigenvalue weighted by Gasteiger charge is -2.06. The summed E-state index contributed by atoms with van der Waals surface area (Å²) in [6.07, 6.45) is 6.44. The normalized spacial score (nSPS) is 10.6. The molecule has 0 saturated carbocycles. The van der Waals surface area contributed by atoms with E-state index in [0.717, 1.165) is 31.0 Å². The van der Waals surface area contributed by atoms with Crippen LogP contribution in [-0.4, -0.2) is 6.61 Å². The molecular formula is C17H22O2. The van der Waals surface area contributed by atoms with Gasteiger partial charge in [0.15, 0.2) is 0 Å². The number of hydrogen-bond donors (Lipinski definition) is 0. The van der Waals surface area contributed by atoms with Gasteiger partial charge >= 0.3 is 0 Å². The summed E-state index contributed by atoms with van der Waals surface area (Å²) in [6.45, 7) is 4.87. The molecule has 0 unspecified atom stereocenters. The third kappa shape index (κ3) is 4.82. The van der Waals surface area contributed by atoms with Gasteiger partial charge in [-0.25, -0.2) is 0 Å². The minimum Gasteiger partial charge on any atom is -0.494 e. The van der Waals surface area contributed by atoms with Crippen LogP contribution in [0.5, 0.6) is 5.75 Å². The molecular weight excluding hydrogens is 236 g/mol. The van der Waals surface area contributed by atoms with Crippen molar-refractivity contribution >= 4 is 0 Å². The number of benzene rings is 1. The van der Waals surface area contributed by atoms with Gasteiger partial charge in [-0.3, -0.25) is 0 Å². The second-order valence-corrected chi connectivity index (χ2v) is 5.04. The Morgan fingerprint density at radius 3 is 2.47 bits per heavy atom. The zero-order valence-corrected chi connectivity index (χ0v) is 11.8. The first-order valence-electron chi connectivity index (χ1n) is 6.97. The van der Waals surface area contributed by atoms with E-state index in [2.05, 4.69) is 25.1 Å². The van der Waals surface area contributed by atoms with Crippen molar-refractivity contribution in [1.29, 1.82) is 0 Å². The van der Waals surface area contributed by atoms with E-state index in [9.17, 15) is 0 Å². The van der Waals surface area contributed by atoms with Crippen LogP contribution in [0, 0.1) is 13.8 Å². The Morgan fingerprint density at radius 2 is 1.79 bits per heavy atom. The Hall–Kier alpha value is -1.70. The molecule has 102 valence electrons. The van der Waals surface area contributed by atoms with E-state index in [1.807, 2.05) is 25.3 Å².